The van der Waals surface area contributed by atoms with Gasteiger partial charge in [-0.25, -0.2) is 22.8 Å². The van der Waals surface area contributed by atoms with Gasteiger partial charge >= 0.3 is 6.18 Å². The van der Waals surface area contributed by atoms with Crippen LogP contribution in [-0.4, -0.2) is 58.5 Å². The van der Waals surface area contributed by atoms with Crippen molar-refractivity contribution in [3.05, 3.63) is 47.9 Å². The third-order valence-corrected chi connectivity index (χ3v) is 8.67. The van der Waals surface area contributed by atoms with Crippen LogP contribution in [0.3, 0.4) is 0 Å². The van der Waals surface area contributed by atoms with Crippen LogP contribution in [0.2, 0.25) is 0 Å². The molecule has 1 aliphatic rings. The van der Waals surface area contributed by atoms with Gasteiger partial charge in [0.1, 0.15) is 17.3 Å². The van der Waals surface area contributed by atoms with Gasteiger partial charge in [-0.05, 0) is 64.7 Å². The van der Waals surface area contributed by atoms with Gasteiger partial charge in [-0.15, -0.1) is 5.10 Å². The van der Waals surface area contributed by atoms with Crippen molar-refractivity contribution in [2.24, 2.45) is 18.4 Å². The van der Waals surface area contributed by atoms with E-state index in [2.05, 4.69) is 16.7 Å². The summed E-state index contributed by atoms with van der Waals surface area (Å²) in [6.07, 6.45) is 0.917. The summed E-state index contributed by atoms with van der Waals surface area (Å²) in [4.78, 5) is 20.1. The summed E-state index contributed by atoms with van der Waals surface area (Å²) in [5, 5.41) is 4.22. The number of hydrogen-bond donors (Lipinski definition) is 1. The van der Waals surface area contributed by atoms with Gasteiger partial charge in [0.25, 0.3) is 15.9 Å². The molecular weight excluding hydrogens is 561 g/mol. The summed E-state index contributed by atoms with van der Waals surface area (Å²) >= 11 is 0. The monoisotopic (exact) mass is 596 g/mol. The molecule has 41 heavy (non-hydrogen) atoms. The van der Waals surface area contributed by atoms with Gasteiger partial charge in [0.2, 0.25) is 5.88 Å². The second-order valence-corrected chi connectivity index (χ2v) is 13.6. The molecule has 0 unspecified atom stereocenters. The Balaban J connectivity index is 1.68. The first kappa shape index (κ1) is 30.4. The van der Waals surface area contributed by atoms with E-state index in [1.807, 2.05) is 18.7 Å². The number of carbonyl (C=O) groups excluding carboxylic acids is 1. The van der Waals surface area contributed by atoms with Crippen molar-refractivity contribution in [1.29, 1.82) is 0 Å². The minimum absolute atomic E-state index is 0.00706. The van der Waals surface area contributed by atoms with Crippen LogP contribution in [0.25, 0.3) is 5.82 Å². The number of pyridine rings is 1. The number of alkyl halides is 3. The molecular formula is C27H35F3N6O4S. The molecule has 1 atom stereocenters. The van der Waals surface area contributed by atoms with Crippen LogP contribution in [0.5, 0.6) is 5.88 Å². The molecule has 0 spiro atoms. The molecule has 4 heterocycles. The number of sulfonamides is 1. The Morgan fingerprint density at radius 3 is 2.44 bits per heavy atom. The number of aromatic nitrogens is 4. The summed E-state index contributed by atoms with van der Waals surface area (Å²) in [5.74, 6) is -0.0312. The van der Waals surface area contributed by atoms with Gasteiger partial charge in [0.15, 0.2) is 5.82 Å². The van der Waals surface area contributed by atoms with Crippen molar-refractivity contribution in [1.82, 2.24) is 24.1 Å². The minimum Gasteiger partial charge on any atom is -0.476 e. The Bertz CT molecular complexity index is 1560. The Kier molecular flexibility index (Phi) is 7.69. The smallest absolute Gasteiger partial charge is 0.397 e. The van der Waals surface area contributed by atoms with E-state index in [-0.39, 0.29) is 33.9 Å². The first-order valence-corrected chi connectivity index (χ1v) is 14.5. The molecule has 1 saturated heterocycles. The quantitative estimate of drug-likeness (QED) is 0.404. The third-order valence-electron chi connectivity index (χ3n) is 7.20. The number of rotatable bonds is 8. The summed E-state index contributed by atoms with van der Waals surface area (Å²) < 4.78 is 76.2. The zero-order valence-corrected chi connectivity index (χ0v) is 24.9. The highest BCUT2D eigenvalue weighted by molar-refractivity contribution is 7.90. The lowest BCUT2D eigenvalue weighted by Gasteiger charge is -2.34. The maximum absolute atomic E-state index is 13.4. The van der Waals surface area contributed by atoms with E-state index >= 15 is 0 Å². The number of nitrogens with one attached hydrogen (secondary N) is 1. The van der Waals surface area contributed by atoms with Crippen LogP contribution in [0.1, 0.15) is 57.0 Å². The Labute approximate surface area is 237 Å². The van der Waals surface area contributed by atoms with Gasteiger partial charge < -0.3 is 14.2 Å². The zero-order chi connectivity index (χ0) is 30.5. The summed E-state index contributed by atoms with van der Waals surface area (Å²) in [5.41, 5.74) is -1.92. The highest BCUT2D eigenvalue weighted by Gasteiger charge is 2.48. The minimum atomic E-state index is -4.45. The highest BCUT2D eigenvalue weighted by Crippen LogP contribution is 2.39. The van der Waals surface area contributed by atoms with Gasteiger partial charge in [-0.1, -0.05) is 6.92 Å². The summed E-state index contributed by atoms with van der Waals surface area (Å²) in [7, 11) is -2.48. The number of hydrogen-bond acceptors (Lipinski definition) is 7. The lowest BCUT2D eigenvalue weighted by molar-refractivity contribution is -0.219. The number of amides is 1. The molecule has 4 rings (SSSR count). The molecule has 0 aromatic carbocycles. The van der Waals surface area contributed by atoms with E-state index in [1.165, 1.54) is 35.3 Å². The number of carbonyl (C=O) groups is 1. The summed E-state index contributed by atoms with van der Waals surface area (Å²) in [6, 6.07) is 4.38. The van der Waals surface area contributed by atoms with E-state index < -0.39 is 39.7 Å². The van der Waals surface area contributed by atoms with Crippen molar-refractivity contribution >= 4 is 21.7 Å². The van der Waals surface area contributed by atoms with E-state index in [9.17, 15) is 26.4 Å². The average Bonchev–Trinajstić information content (AvgIpc) is 3.52. The van der Waals surface area contributed by atoms with Gasteiger partial charge in [0.05, 0.1) is 11.0 Å². The maximum atomic E-state index is 13.4. The zero-order valence-electron chi connectivity index (χ0n) is 24.1. The van der Waals surface area contributed by atoms with Crippen molar-refractivity contribution < 1.29 is 31.1 Å². The van der Waals surface area contributed by atoms with Gasteiger partial charge in [-0.2, -0.15) is 13.2 Å². The topological polar surface area (TPSA) is 111 Å². The Hall–Kier alpha value is -3.55. The third kappa shape index (κ3) is 6.21. The van der Waals surface area contributed by atoms with Crippen molar-refractivity contribution in [2.45, 2.75) is 64.6 Å². The fourth-order valence-electron chi connectivity index (χ4n) is 4.96. The van der Waals surface area contributed by atoms with Crippen molar-refractivity contribution in [2.75, 3.05) is 18.1 Å². The molecule has 1 aliphatic heterocycles. The summed E-state index contributed by atoms with van der Waals surface area (Å²) in [6.45, 7) is 9.78. The molecule has 0 bridgehead atoms. The van der Waals surface area contributed by atoms with Gasteiger partial charge in [0, 0.05) is 43.8 Å². The molecule has 3 aromatic heterocycles. The van der Waals surface area contributed by atoms with Crippen LogP contribution in [0.15, 0.2) is 41.7 Å². The van der Waals surface area contributed by atoms with Crippen LogP contribution < -0.4 is 14.4 Å². The number of aryl methyl sites for hydroxylation is 2. The molecule has 224 valence electrons. The van der Waals surface area contributed by atoms with Gasteiger partial charge in [-0.3, -0.25) is 4.79 Å². The largest absolute Gasteiger partial charge is 0.476 e. The molecule has 0 saturated carbocycles. The second kappa shape index (κ2) is 10.4. The molecule has 3 aromatic rings. The molecule has 0 aliphatic carbocycles. The van der Waals surface area contributed by atoms with E-state index in [1.54, 1.807) is 24.7 Å². The van der Waals surface area contributed by atoms with Crippen molar-refractivity contribution in [3.63, 3.8) is 0 Å². The first-order chi connectivity index (χ1) is 18.8. The number of anilines is 1. The fourth-order valence-corrected chi connectivity index (χ4v) is 6.21. The SMILES string of the molecule is Cc1cn(C)cc1S(=O)(=O)NC(=O)c1ccc(-n2ccc(OCC(C)(C)C(F)(F)F)n2)nc1N1C[C@@H](C)CC1(C)C. The van der Waals surface area contributed by atoms with E-state index in [4.69, 9.17) is 9.72 Å². The number of ether oxygens (including phenoxy) is 1. The number of nitrogens with zero attached hydrogens (tertiary/aromatic N) is 5. The Morgan fingerprint density at radius 1 is 1.20 bits per heavy atom. The highest BCUT2D eigenvalue weighted by atomic mass is 32.2. The molecule has 0 radical (unpaired) electrons. The average molecular weight is 597 g/mol. The van der Waals surface area contributed by atoms with Crippen LogP contribution in [-0.2, 0) is 17.1 Å². The Morgan fingerprint density at radius 2 is 1.88 bits per heavy atom. The molecule has 10 nitrogen and oxygen atoms in total. The molecule has 14 heteroatoms. The second-order valence-electron chi connectivity index (χ2n) is 11.9. The fraction of sp³-hybridized carbons (Fsp3) is 0.519. The van der Waals surface area contributed by atoms with Crippen molar-refractivity contribution in [3.8, 4) is 11.7 Å². The predicted octanol–water partition coefficient (Wildman–Crippen LogP) is 4.63. The van der Waals surface area contributed by atoms with Crippen LogP contribution in [0, 0.1) is 18.3 Å². The molecule has 1 N–H and O–H groups in total. The van der Waals surface area contributed by atoms with Crippen LogP contribution >= 0.6 is 0 Å². The maximum Gasteiger partial charge on any atom is 0.397 e. The predicted molar refractivity (Wildman–Crippen MR) is 147 cm³/mol. The molecule has 1 fully saturated rings. The van der Waals surface area contributed by atoms with E-state index in [0.717, 1.165) is 20.3 Å². The molecule has 1 amide bonds. The van der Waals surface area contributed by atoms with Crippen LogP contribution in [0.4, 0.5) is 19.0 Å². The standard InChI is InChI=1S/C27H35F3N6O4S/c1-17-12-26(5,6)35(13-17)23-19(24(37)33-41(38,39)20-15-34(7)14-18(20)2)8-9-21(31-23)36-11-10-22(32-36)40-16-25(3,4)27(28,29)30/h8-11,14-15,17H,12-13,16H2,1-7H3,(H,33,37)/t17-/m0/s1. The van der Waals surface area contributed by atoms with E-state index in [0.29, 0.717) is 12.1 Å². The number of halogens is 3. The lowest BCUT2D eigenvalue weighted by Crippen LogP contribution is -2.41. The first-order valence-electron chi connectivity index (χ1n) is 13.0. The normalized spacial score (nSPS) is 17.6. The lowest BCUT2D eigenvalue weighted by atomic mass is 9.94.